The average Bonchev–Trinajstić information content (AvgIpc) is 4.13. The highest BCUT2D eigenvalue weighted by molar-refractivity contribution is 6.07. The highest BCUT2D eigenvalue weighted by Gasteiger charge is 2.38. The standard InChI is InChI=1S/C64H78N8O4/c1-7-26-70(27-8-2)63(75)56-35-52-19-15-48(37-59(52)66-61(65)39-56)46-17-21-54(43-73)50(33-46)23-30-68(5)32-25-58-42-72(58)62-40-57(64(76)71(28-9-3)29-10-4)36-53-20-16-49(38-60(53)67-62)47-18-22-55(44-74)51(34-47)24-31-69(6)41-45-13-11-12-14-45/h15-24,30-31,33-38,43-45,58H,7-14,25-29,32,39-42H2,1-6H3,(H2,65,66)/b30-23-,31-24-. The van der Waals surface area contributed by atoms with Crippen molar-refractivity contribution in [3.63, 3.8) is 0 Å². The van der Waals surface area contributed by atoms with Crippen molar-refractivity contribution >= 4 is 71.7 Å². The fourth-order valence-corrected chi connectivity index (χ4v) is 10.9. The van der Waals surface area contributed by atoms with Crippen LogP contribution in [0.5, 0.6) is 0 Å². The third kappa shape index (κ3) is 13.7. The molecule has 0 bridgehead atoms. The predicted octanol–water partition coefficient (Wildman–Crippen LogP) is 12.3. The van der Waals surface area contributed by atoms with E-state index in [1.807, 2.05) is 89.8 Å². The normalized spacial score (nSPS) is 16.2. The first-order chi connectivity index (χ1) is 36.9. The van der Waals surface area contributed by atoms with E-state index in [1.165, 1.54) is 25.7 Å². The highest BCUT2D eigenvalue weighted by Crippen LogP contribution is 2.37. The Hall–Kier alpha value is -7.34. The number of hydrogen-bond donors (Lipinski definition) is 1. The number of rotatable bonds is 23. The van der Waals surface area contributed by atoms with Gasteiger partial charge in [0.2, 0.25) is 11.8 Å². The fourth-order valence-electron chi connectivity index (χ4n) is 10.9. The van der Waals surface area contributed by atoms with E-state index >= 15 is 0 Å². The van der Waals surface area contributed by atoms with Gasteiger partial charge in [0, 0.05) is 112 Å². The Balaban J connectivity index is 0.979. The molecule has 1 saturated heterocycles. The first-order valence-corrected chi connectivity index (χ1v) is 27.8. The summed E-state index contributed by atoms with van der Waals surface area (Å²) >= 11 is 0. The molecule has 12 nitrogen and oxygen atoms in total. The van der Waals surface area contributed by atoms with Gasteiger partial charge in [-0.2, -0.15) is 0 Å². The van der Waals surface area contributed by atoms with Gasteiger partial charge in [-0.1, -0.05) is 89.1 Å². The minimum absolute atomic E-state index is 0.00519. The maximum Gasteiger partial charge on any atom is 0.250 e. The molecule has 1 atom stereocenters. The fraction of sp³-hybridized carbons (Fsp3) is 0.406. The molecule has 1 unspecified atom stereocenters. The average molecular weight is 1020 g/mol. The van der Waals surface area contributed by atoms with Gasteiger partial charge in [-0.3, -0.25) is 19.2 Å². The summed E-state index contributed by atoms with van der Waals surface area (Å²) in [5.74, 6) is 2.09. The van der Waals surface area contributed by atoms with E-state index in [2.05, 4.69) is 86.0 Å². The topological polar surface area (TPSA) is 135 Å². The van der Waals surface area contributed by atoms with Gasteiger partial charge >= 0.3 is 0 Å². The van der Waals surface area contributed by atoms with Crippen molar-refractivity contribution < 1.29 is 19.2 Å². The molecule has 76 heavy (non-hydrogen) atoms. The minimum atomic E-state index is 0.00519. The zero-order valence-electron chi connectivity index (χ0n) is 45.8. The second-order valence-electron chi connectivity index (χ2n) is 21.2. The quantitative estimate of drug-likeness (QED) is 0.0573. The number of hydrogen-bond acceptors (Lipinski definition) is 10. The third-order valence-corrected chi connectivity index (χ3v) is 15.0. The Kier molecular flexibility index (Phi) is 18.7. The number of aliphatic imine (C=N–C) groups is 2. The maximum absolute atomic E-state index is 14.3. The maximum atomic E-state index is 14.3. The van der Waals surface area contributed by atoms with E-state index in [-0.39, 0.29) is 17.9 Å². The lowest BCUT2D eigenvalue weighted by molar-refractivity contribution is -0.128. The molecule has 0 radical (unpaired) electrons. The van der Waals surface area contributed by atoms with Crippen LogP contribution in [-0.4, -0.2) is 127 Å². The van der Waals surface area contributed by atoms with E-state index in [9.17, 15) is 19.2 Å². The molecule has 3 aliphatic heterocycles. The smallest absolute Gasteiger partial charge is 0.250 e. The molecular weight excluding hydrogens is 945 g/mol. The van der Waals surface area contributed by atoms with E-state index in [0.717, 1.165) is 132 Å². The number of nitrogens with zero attached hydrogens (tertiary/aromatic N) is 7. The zero-order chi connectivity index (χ0) is 53.7. The van der Waals surface area contributed by atoms with Crippen molar-refractivity contribution in [3.05, 3.63) is 130 Å². The van der Waals surface area contributed by atoms with Crippen molar-refractivity contribution in [1.29, 1.82) is 0 Å². The Morgan fingerprint density at radius 2 is 1.08 bits per heavy atom. The van der Waals surface area contributed by atoms with Crippen LogP contribution in [0.3, 0.4) is 0 Å². The summed E-state index contributed by atoms with van der Waals surface area (Å²) < 4.78 is 0. The van der Waals surface area contributed by atoms with Crippen LogP contribution in [0.25, 0.3) is 46.6 Å². The predicted molar refractivity (Wildman–Crippen MR) is 313 cm³/mol. The highest BCUT2D eigenvalue weighted by atomic mass is 16.2. The van der Waals surface area contributed by atoms with Crippen molar-refractivity contribution in [2.24, 2.45) is 21.6 Å². The van der Waals surface area contributed by atoms with Crippen molar-refractivity contribution in [1.82, 2.24) is 24.5 Å². The molecule has 2 fully saturated rings. The van der Waals surface area contributed by atoms with Crippen LogP contribution >= 0.6 is 0 Å². The largest absolute Gasteiger partial charge is 0.387 e. The number of nitrogens with two attached hydrogens (primary N) is 1. The molecule has 1 aliphatic carbocycles. The van der Waals surface area contributed by atoms with Crippen molar-refractivity contribution in [2.75, 3.05) is 59.9 Å². The zero-order valence-corrected chi connectivity index (χ0v) is 45.8. The van der Waals surface area contributed by atoms with Gasteiger partial charge in [0.15, 0.2) is 12.6 Å². The number of amidine groups is 2. The molecule has 8 rings (SSSR count). The minimum Gasteiger partial charge on any atom is -0.387 e. The van der Waals surface area contributed by atoms with E-state index in [0.29, 0.717) is 67.2 Å². The van der Waals surface area contributed by atoms with E-state index < -0.39 is 0 Å². The number of amides is 2. The van der Waals surface area contributed by atoms with E-state index in [4.69, 9.17) is 15.7 Å². The van der Waals surface area contributed by atoms with E-state index in [1.54, 1.807) is 0 Å². The number of carbonyl (C=O) groups is 4. The molecule has 2 N–H and O–H groups in total. The number of carbonyl (C=O) groups excluding carboxylic acids is 4. The lowest BCUT2D eigenvalue weighted by Crippen LogP contribution is -2.34. The SMILES string of the molecule is CCCN(CCC)C(=O)C1=Cc2ccc(-c3ccc(C=O)c(/C=C\N(C)CCC4CN4C4=Nc5cc(-c6ccc(C=O)c(/C=C\N(C)CC7CCCC7)c6)ccc5C=C(C(=O)N(CCC)CCC)C4)c3)cc2N=C(N)C1. The van der Waals surface area contributed by atoms with Gasteiger partial charge in [-0.15, -0.1) is 0 Å². The summed E-state index contributed by atoms with van der Waals surface area (Å²) in [6.07, 6.45) is 24.3. The lowest BCUT2D eigenvalue weighted by atomic mass is 9.97. The molecule has 1 saturated carbocycles. The van der Waals surface area contributed by atoms with Gasteiger partial charge in [-0.25, -0.2) is 9.98 Å². The molecule has 2 amide bonds. The summed E-state index contributed by atoms with van der Waals surface area (Å²) in [4.78, 5) is 73.1. The Morgan fingerprint density at radius 1 is 0.605 bits per heavy atom. The molecule has 4 aliphatic rings. The molecule has 4 aromatic rings. The second-order valence-corrected chi connectivity index (χ2v) is 21.2. The summed E-state index contributed by atoms with van der Waals surface area (Å²) in [5, 5.41) is 0. The van der Waals surface area contributed by atoms with Crippen LogP contribution in [0, 0.1) is 5.92 Å². The summed E-state index contributed by atoms with van der Waals surface area (Å²) in [6.45, 7) is 13.8. The molecule has 398 valence electrons. The van der Waals surface area contributed by atoms with Crippen LogP contribution in [0.15, 0.2) is 106 Å². The van der Waals surface area contributed by atoms with Crippen LogP contribution in [0.4, 0.5) is 11.4 Å². The Bertz CT molecular complexity index is 2950. The Morgan fingerprint density at radius 3 is 1.59 bits per heavy atom. The molecule has 3 heterocycles. The molecule has 0 spiro atoms. The number of aldehydes is 2. The first-order valence-electron chi connectivity index (χ1n) is 27.8. The van der Waals surface area contributed by atoms with Gasteiger partial charge < -0.3 is 30.2 Å². The van der Waals surface area contributed by atoms with Crippen LogP contribution in [0.1, 0.15) is 141 Å². The molecular formula is C64H78N8O4. The van der Waals surface area contributed by atoms with Crippen LogP contribution < -0.4 is 5.73 Å². The molecule has 0 aromatic heterocycles. The van der Waals surface area contributed by atoms with Crippen LogP contribution in [-0.2, 0) is 9.59 Å². The van der Waals surface area contributed by atoms with Gasteiger partial charge in [-0.05, 0) is 145 Å². The van der Waals surface area contributed by atoms with Crippen molar-refractivity contribution in [3.8, 4) is 22.3 Å². The first kappa shape index (κ1) is 54.9. The summed E-state index contributed by atoms with van der Waals surface area (Å²) in [6, 6.07) is 24.4. The Labute approximate surface area is 451 Å². The second kappa shape index (κ2) is 25.9. The lowest BCUT2D eigenvalue weighted by Gasteiger charge is -2.23. The third-order valence-electron chi connectivity index (χ3n) is 15.0. The van der Waals surface area contributed by atoms with Gasteiger partial charge in [0.1, 0.15) is 11.7 Å². The number of benzene rings is 4. The molecule has 12 heteroatoms. The summed E-state index contributed by atoms with van der Waals surface area (Å²) in [5.41, 5.74) is 17.9. The number of fused-ring (bicyclic) bond motifs is 2. The van der Waals surface area contributed by atoms with Crippen molar-refractivity contribution in [2.45, 2.75) is 104 Å². The summed E-state index contributed by atoms with van der Waals surface area (Å²) in [7, 11) is 4.16. The monoisotopic (exact) mass is 1020 g/mol. The van der Waals surface area contributed by atoms with Crippen LogP contribution in [0.2, 0.25) is 0 Å². The van der Waals surface area contributed by atoms with Gasteiger partial charge in [0.05, 0.1) is 11.4 Å². The molecule has 4 aromatic carbocycles. The van der Waals surface area contributed by atoms with Gasteiger partial charge in [0.25, 0.3) is 0 Å².